The second kappa shape index (κ2) is 7.22. The van der Waals surface area contributed by atoms with Crippen LogP contribution in [-0.4, -0.2) is 34.6 Å². The molecule has 1 aromatic heterocycles. The van der Waals surface area contributed by atoms with Crippen LogP contribution in [-0.2, 0) is 4.79 Å². The van der Waals surface area contributed by atoms with Crippen molar-refractivity contribution in [3.05, 3.63) is 52.1 Å². The third-order valence-electron chi connectivity index (χ3n) is 4.21. The molecule has 1 aromatic carbocycles. The molecule has 0 spiro atoms. The number of benzene rings is 1. The number of amides is 1. The number of nitro groups is 1. The molecule has 1 aliphatic rings. The van der Waals surface area contributed by atoms with Crippen LogP contribution in [0.1, 0.15) is 25.8 Å². The van der Waals surface area contributed by atoms with Gasteiger partial charge in [-0.1, -0.05) is 17.7 Å². The minimum absolute atomic E-state index is 0.170. The number of ether oxygens (including phenoxy) is 2. The number of fused-ring (bicyclic) bond motifs is 1. The van der Waals surface area contributed by atoms with Crippen molar-refractivity contribution >= 4 is 17.5 Å². The highest BCUT2D eigenvalue weighted by atomic mass is 16.6. The normalized spacial score (nSPS) is 15.1. The predicted molar refractivity (Wildman–Crippen MR) is 99.2 cm³/mol. The van der Waals surface area contributed by atoms with E-state index in [1.54, 1.807) is 13.8 Å². The molecule has 0 saturated heterocycles. The molecule has 3 rings (SSSR count). The van der Waals surface area contributed by atoms with Crippen molar-refractivity contribution in [3.63, 3.8) is 0 Å². The Labute approximate surface area is 156 Å². The Morgan fingerprint density at radius 2 is 1.93 bits per heavy atom. The minimum atomic E-state index is -1.07. The summed E-state index contributed by atoms with van der Waals surface area (Å²) in [6, 6.07) is 10.4. The molecule has 1 aliphatic heterocycles. The van der Waals surface area contributed by atoms with Gasteiger partial charge in [-0.05, 0) is 55.3 Å². The van der Waals surface area contributed by atoms with Crippen LogP contribution < -0.4 is 14.4 Å². The van der Waals surface area contributed by atoms with Gasteiger partial charge in [0.05, 0.1) is 6.61 Å². The third-order valence-corrected chi connectivity index (χ3v) is 4.21. The molecule has 27 heavy (non-hydrogen) atoms. The lowest BCUT2D eigenvalue weighted by molar-refractivity contribution is -0.389. The average Bonchev–Trinajstić information content (AvgIpc) is 2.62. The average molecular weight is 371 g/mol. The van der Waals surface area contributed by atoms with E-state index in [-0.39, 0.29) is 17.5 Å². The highest BCUT2D eigenvalue weighted by molar-refractivity contribution is 6.01. The summed E-state index contributed by atoms with van der Waals surface area (Å²) >= 11 is 0. The lowest BCUT2D eigenvalue weighted by Crippen LogP contribution is -2.53. The van der Waals surface area contributed by atoms with Crippen LogP contribution in [0, 0.1) is 17.0 Å². The van der Waals surface area contributed by atoms with Gasteiger partial charge in [-0.15, -0.1) is 0 Å². The van der Waals surface area contributed by atoms with Gasteiger partial charge in [0.25, 0.3) is 11.7 Å². The molecule has 0 bridgehead atoms. The van der Waals surface area contributed by atoms with Gasteiger partial charge in [0, 0.05) is 12.6 Å². The number of carbonyl (C=O) groups is 1. The smallest absolute Gasteiger partial charge is 0.366 e. The maximum absolute atomic E-state index is 12.7. The maximum atomic E-state index is 12.7. The molecule has 8 heteroatoms. The lowest BCUT2D eigenvalue weighted by Gasteiger charge is -2.35. The van der Waals surface area contributed by atoms with E-state index in [4.69, 9.17) is 9.47 Å². The maximum Gasteiger partial charge on any atom is 0.366 e. The third kappa shape index (κ3) is 3.99. The molecule has 2 heterocycles. The zero-order valence-electron chi connectivity index (χ0n) is 15.5. The molecular weight excluding hydrogens is 350 g/mol. The second-order valence-corrected chi connectivity index (χ2v) is 6.83. The van der Waals surface area contributed by atoms with E-state index in [1.165, 1.54) is 17.0 Å². The number of hydrogen-bond donors (Lipinski definition) is 0. The van der Waals surface area contributed by atoms with Gasteiger partial charge < -0.3 is 19.6 Å². The highest BCUT2D eigenvalue weighted by Gasteiger charge is 2.44. The molecule has 1 amide bonds. The molecule has 142 valence electrons. The topological polar surface area (TPSA) is 94.8 Å². The molecule has 0 unspecified atom stereocenters. The Morgan fingerprint density at radius 3 is 2.59 bits per heavy atom. The Morgan fingerprint density at radius 1 is 1.22 bits per heavy atom. The van der Waals surface area contributed by atoms with E-state index < -0.39 is 10.5 Å². The molecule has 2 aromatic rings. The van der Waals surface area contributed by atoms with Gasteiger partial charge in [0.1, 0.15) is 5.75 Å². The summed E-state index contributed by atoms with van der Waals surface area (Å²) in [5.74, 6) is 0.654. The van der Waals surface area contributed by atoms with Crippen LogP contribution in [0.5, 0.6) is 11.5 Å². The number of aromatic nitrogens is 1. The van der Waals surface area contributed by atoms with Crippen molar-refractivity contribution in [1.29, 1.82) is 0 Å². The van der Waals surface area contributed by atoms with Crippen molar-refractivity contribution in [2.45, 2.75) is 32.8 Å². The first-order chi connectivity index (χ1) is 12.8. The summed E-state index contributed by atoms with van der Waals surface area (Å²) in [6.45, 7) is 6.04. The summed E-state index contributed by atoms with van der Waals surface area (Å²) in [7, 11) is 0. The fourth-order valence-corrected chi connectivity index (χ4v) is 2.79. The number of anilines is 1. The quantitative estimate of drug-likeness (QED) is 0.439. The monoisotopic (exact) mass is 371 g/mol. The SMILES string of the molecule is Cc1ccc(OCCCN2C(=O)C(C)(C)Oc3ccc([N+](=O)[O-])nc32)cc1. The Hall–Kier alpha value is -3.16. The molecule has 0 saturated carbocycles. The summed E-state index contributed by atoms with van der Waals surface area (Å²) in [4.78, 5) is 28.6. The van der Waals surface area contributed by atoms with Crippen LogP contribution in [0.25, 0.3) is 0 Å². The van der Waals surface area contributed by atoms with Gasteiger partial charge in [0.2, 0.25) is 0 Å². The number of nitrogens with zero attached hydrogens (tertiary/aromatic N) is 3. The highest BCUT2D eigenvalue weighted by Crippen LogP contribution is 2.37. The van der Waals surface area contributed by atoms with Crippen LogP contribution in [0.3, 0.4) is 0 Å². The van der Waals surface area contributed by atoms with E-state index in [0.29, 0.717) is 25.3 Å². The fourth-order valence-electron chi connectivity index (χ4n) is 2.79. The zero-order valence-corrected chi connectivity index (χ0v) is 15.5. The van der Waals surface area contributed by atoms with E-state index >= 15 is 0 Å². The van der Waals surface area contributed by atoms with Crippen LogP contribution in [0.2, 0.25) is 0 Å². The molecule has 0 atom stereocenters. The largest absolute Gasteiger partial charge is 0.494 e. The predicted octanol–water partition coefficient (Wildman–Crippen LogP) is 3.27. The number of aryl methyl sites for hydroxylation is 1. The Bertz CT molecular complexity index is 864. The van der Waals surface area contributed by atoms with Gasteiger partial charge >= 0.3 is 5.82 Å². The molecule has 8 nitrogen and oxygen atoms in total. The van der Waals surface area contributed by atoms with Gasteiger partial charge in [-0.2, -0.15) is 0 Å². The molecule has 0 radical (unpaired) electrons. The van der Waals surface area contributed by atoms with E-state index in [0.717, 1.165) is 11.3 Å². The van der Waals surface area contributed by atoms with Gasteiger partial charge in [0.15, 0.2) is 11.4 Å². The molecular formula is C19H21N3O5. The van der Waals surface area contributed by atoms with E-state index in [9.17, 15) is 14.9 Å². The summed E-state index contributed by atoms with van der Waals surface area (Å²) in [6.07, 6.45) is 0.541. The van der Waals surface area contributed by atoms with Crippen molar-refractivity contribution in [2.24, 2.45) is 0 Å². The van der Waals surface area contributed by atoms with Crippen molar-refractivity contribution in [3.8, 4) is 11.5 Å². The van der Waals surface area contributed by atoms with Gasteiger partial charge in [-0.25, -0.2) is 0 Å². The molecule has 0 aliphatic carbocycles. The first-order valence-electron chi connectivity index (χ1n) is 8.64. The zero-order chi connectivity index (χ0) is 19.6. The summed E-state index contributed by atoms with van der Waals surface area (Å²) in [5.41, 5.74) is 0.0792. The van der Waals surface area contributed by atoms with Crippen molar-refractivity contribution in [1.82, 2.24) is 4.98 Å². The first kappa shape index (κ1) is 18.6. The lowest BCUT2D eigenvalue weighted by atomic mass is 10.1. The number of rotatable bonds is 6. The van der Waals surface area contributed by atoms with E-state index in [1.807, 2.05) is 31.2 Å². The van der Waals surface area contributed by atoms with Gasteiger partial charge in [-0.3, -0.25) is 9.69 Å². The van der Waals surface area contributed by atoms with Crippen molar-refractivity contribution < 1.29 is 19.2 Å². The Balaban J connectivity index is 1.73. The first-order valence-corrected chi connectivity index (χ1v) is 8.64. The van der Waals surface area contributed by atoms with Crippen molar-refractivity contribution in [2.75, 3.05) is 18.1 Å². The summed E-state index contributed by atoms with van der Waals surface area (Å²) in [5, 5.41) is 11.0. The molecule has 0 N–H and O–H groups in total. The standard InChI is InChI=1S/C19H21N3O5/c1-13-5-7-14(8-6-13)26-12-4-11-21-17-15(27-19(2,3)18(21)23)9-10-16(20-17)22(24)25/h5-10H,4,11-12H2,1-3H3. The summed E-state index contributed by atoms with van der Waals surface area (Å²) < 4.78 is 11.4. The van der Waals surface area contributed by atoms with Crippen LogP contribution in [0.15, 0.2) is 36.4 Å². The van der Waals surface area contributed by atoms with Crippen LogP contribution in [0.4, 0.5) is 11.6 Å². The fraction of sp³-hybridized carbons (Fsp3) is 0.368. The number of hydrogen-bond acceptors (Lipinski definition) is 6. The van der Waals surface area contributed by atoms with Crippen LogP contribution >= 0.6 is 0 Å². The number of pyridine rings is 1. The minimum Gasteiger partial charge on any atom is -0.494 e. The molecule has 0 fully saturated rings. The number of carbonyl (C=O) groups excluding carboxylic acids is 1. The Kier molecular flexibility index (Phi) is 4.98. The van der Waals surface area contributed by atoms with E-state index in [2.05, 4.69) is 4.98 Å². The second-order valence-electron chi connectivity index (χ2n) is 6.83.